The van der Waals surface area contributed by atoms with Crippen LogP contribution >= 0.6 is 0 Å². The van der Waals surface area contributed by atoms with Crippen molar-refractivity contribution in [3.8, 4) is 5.88 Å². The van der Waals surface area contributed by atoms with E-state index in [2.05, 4.69) is 27.8 Å². The lowest BCUT2D eigenvalue weighted by Gasteiger charge is -2.30. The van der Waals surface area contributed by atoms with Gasteiger partial charge >= 0.3 is 0 Å². The van der Waals surface area contributed by atoms with E-state index in [0.717, 1.165) is 25.8 Å². The zero-order valence-corrected chi connectivity index (χ0v) is 16.3. The summed E-state index contributed by atoms with van der Waals surface area (Å²) in [7, 11) is 0. The Labute approximate surface area is 170 Å². The Bertz CT molecular complexity index is 838. The number of aromatic nitrogens is 1. The number of fused-ring (bicyclic) bond motifs is 1. The fraction of sp³-hybridized carbons (Fsp3) is 0.455. The molecule has 0 saturated carbocycles. The van der Waals surface area contributed by atoms with E-state index in [1.165, 1.54) is 11.1 Å². The third-order valence-corrected chi connectivity index (χ3v) is 5.50. The molecule has 4 rings (SSSR count). The normalized spacial score (nSPS) is 20.5. The van der Waals surface area contributed by atoms with Crippen molar-refractivity contribution in [3.63, 3.8) is 0 Å². The van der Waals surface area contributed by atoms with Crippen LogP contribution < -0.4 is 15.4 Å². The topological polar surface area (TPSA) is 92.7 Å². The Morgan fingerprint density at radius 1 is 1.28 bits per heavy atom. The summed E-state index contributed by atoms with van der Waals surface area (Å²) >= 11 is 0. The summed E-state index contributed by atoms with van der Waals surface area (Å²) in [4.78, 5) is 16.7. The molecule has 0 aliphatic carbocycles. The molecule has 1 aromatic heterocycles. The highest BCUT2D eigenvalue weighted by molar-refractivity contribution is 5.94. The quantitative estimate of drug-likeness (QED) is 0.683. The summed E-state index contributed by atoms with van der Waals surface area (Å²) in [6, 6.07) is 11.4. The van der Waals surface area contributed by atoms with Gasteiger partial charge in [0.25, 0.3) is 5.91 Å². The van der Waals surface area contributed by atoms with Crippen LogP contribution in [0.15, 0.2) is 42.6 Å². The van der Waals surface area contributed by atoms with Crippen LogP contribution in [0.2, 0.25) is 0 Å². The van der Waals surface area contributed by atoms with Crippen LogP contribution in [0.5, 0.6) is 5.88 Å². The van der Waals surface area contributed by atoms with Crippen molar-refractivity contribution in [2.45, 2.75) is 44.1 Å². The van der Waals surface area contributed by atoms with Gasteiger partial charge in [-0.3, -0.25) is 4.79 Å². The molecule has 3 N–H and O–H groups in total. The van der Waals surface area contributed by atoms with Crippen molar-refractivity contribution in [1.29, 1.82) is 0 Å². The molecule has 1 saturated heterocycles. The van der Waals surface area contributed by atoms with Crippen LogP contribution in [0.4, 0.5) is 0 Å². The minimum Gasteiger partial charge on any atom is -0.474 e. The number of carbonyl (C=O) groups excluding carboxylic acids is 1. The number of hydrogen-bond acceptors (Lipinski definition) is 6. The van der Waals surface area contributed by atoms with Gasteiger partial charge in [-0.25, -0.2) is 4.98 Å². The van der Waals surface area contributed by atoms with Crippen molar-refractivity contribution in [2.75, 3.05) is 19.8 Å². The second-order valence-corrected chi connectivity index (χ2v) is 7.55. The van der Waals surface area contributed by atoms with E-state index in [0.29, 0.717) is 24.7 Å². The highest BCUT2D eigenvalue weighted by atomic mass is 16.5. The molecule has 1 amide bonds. The van der Waals surface area contributed by atoms with E-state index < -0.39 is 6.10 Å². The first-order chi connectivity index (χ1) is 14.2. The van der Waals surface area contributed by atoms with Gasteiger partial charge in [-0.2, -0.15) is 0 Å². The average Bonchev–Trinajstić information content (AvgIpc) is 2.77. The van der Waals surface area contributed by atoms with Crippen LogP contribution in [-0.4, -0.2) is 54.0 Å². The molecule has 1 aromatic carbocycles. The van der Waals surface area contributed by atoms with Gasteiger partial charge in [0, 0.05) is 49.8 Å². The zero-order valence-electron chi connectivity index (χ0n) is 16.3. The monoisotopic (exact) mass is 397 g/mol. The average molecular weight is 397 g/mol. The number of carbonyl (C=O) groups is 1. The molecule has 0 bridgehead atoms. The minimum absolute atomic E-state index is 0.0663. The van der Waals surface area contributed by atoms with Crippen molar-refractivity contribution in [1.82, 2.24) is 15.6 Å². The third-order valence-electron chi connectivity index (χ3n) is 5.50. The largest absolute Gasteiger partial charge is 0.474 e. The smallest absolute Gasteiger partial charge is 0.251 e. The van der Waals surface area contributed by atoms with Gasteiger partial charge in [-0.15, -0.1) is 0 Å². The number of nitrogens with one attached hydrogen (secondary N) is 2. The third kappa shape index (κ3) is 5.12. The van der Waals surface area contributed by atoms with Crippen molar-refractivity contribution < 1.29 is 19.4 Å². The Morgan fingerprint density at radius 3 is 2.90 bits per heavy atom. The lowest BCUT2D eigenvalue weighted by Crippen LogP contribution is -2.49. The van der Waals surface area contributed by atoms with Gasteiger partial charge in [-0.1, -0.05) is 24.3 Å². The van der Waals surface area contributed by atoms with E-state index in [1.807, 2.05) is 12.1 Å². The number of aliphatic hydroxyl groups excluding tert-OH is 1. The number of aliphatic hydroxyl groups is 1. The van der Waals surface area contributed by atoms with Gasteiger partial charge in [0.15, 0.2) is 0 Å². The number of hydrogen-bond donors (Lipinski definition) is 3. The summed E-state index contributed by atoms with van der Waals surface area (Å²) in [5.41, 5.74) is 2.97. The summed E-state index contributed by atoms with van der Waals surface area (Å²) < 4.78 is 11.2. The predicted molar refractivity (Wildman–Crippen MR) is 108 cm³/mol. The van der Waals surface area contributed by atoms with Crippen LogP contribution in [0.3, 0.4) is 0 Å². The van der Waals surface area contributed by atoms with E-state index in [4.69, 9.17) is 9.47 Å². The highest BCUT2D eigenvalue weighted by Crippen LogP contribution is 2.19. The van der Waals surface area contributed by atoms with Crippen molar-refractivity contribution >= 4 is 5.91 Å². The maximum absolute atomic E-state index is 12.5. The first kappa shape index (κ1) is 19.8. The van der Waals surface area contributed by atoms with Gasteiger partial charge in [-0.05, 0) is 23.6 Å². The molecule has 0 radical (unpaired) electrons. The van der Waals surface area contributed by atoms with Gasteiger partial charge in [0.1, 0.15) is 6.10 Å². The lowest BCUT2D eigenvalue weighted by atomic mass is 9.93. The Balaban J connectivity index is 1.30. The summed E-state index contributed by atoms with van der Waals surface area (Å²) in [6.45, 7) is 2.27. The molecular weight excluding hydrogens is 370 g/mol. The van der Waals surface area contributed by atoms with Crippen LogP contribution in [-0.2, 0) is 17.7 Å². The summed E-state index contributed by atoms with van der Waals surface area (Å²) in [5.74, 6) is 0.190. The molecule has 7 heteroatoms. The fourth-order valence-corrected chi connectivity index (χ4v) is 3.77. The zero-order chi connectivity index (χ0) is 20.1. The number of pyridine rings is 1. The number of rotatable bonds is 6. The molecule has 7 nitrogen and oxygen atoms in total. The highest BCUT2D eigenvalue weighted by Gasteiger charge is 2.25. The Morgan fingerprint density at radius 2 is 2.07 bits per heavy atom. The number of nitrogens with zero attached hydrogens (tertiary/aromatic N) is 1. The number of amides is 1. The Hall–Kier alpha value is -2.48. The van der Waals surface area contributed by atoms with Crippen LogP contribution in [0.1, 0.15) is 34.3 Å². The van der Waals surface area contributed by atoms with Crippen molar-refractivity contribution in [2.24, 2.45) is 0 Å². The van der Waals surface area contributed by atoms with Gasteiger partial charge in [0.2, 0.25) is 5.88 Å². The molecular formula is C22H27N3O4. The molecule has 154 valence electrons. The minimum atomic E-state index is -0.674. The molecule has 2 aliphatic rings. The van der Waals surface area contributed by atoms with E-state index >= 15 is 0 Å². The SMILES string of the molecule is O=C(NC[C@@H](O)[C@@H]1Cc2ccccc2CN1)c1ccnc(OC2CCOCC2)c1. The number of ether oxygens (including phenoxy) is 2. The summed E-state index contributed by atoms with van der Waals surface area (Å²) in [6.07, 6.45) is 3.35. The molecule has 3 heterocycles. The molecule has 29 heavy (non-hydrogen) atoms. The summed E-state index contributed by atoms with van der Waals surface area (Å²) in [5, 5.41) is 16.7. The van der Waals surface area contributed by atoms with E-state index in [-0.39, 0.29) is 24.6 Å². The van der Waals surface area contributed by atoms with Gasteiger partial charge < -0.3 is 25.2 Å². The maximum atomic E-state index is 12.5. The molecule has 2 aromatic rings. The number of benzene rings is 1. The second-order valence-electron chi connectivity index (χ2n) is 7.55. The van der Waals surface area contributed by atoms with Crippen molar-refractivity contribution in [3.05, 3.63) is 59.3 Å². The lowest BCUT2D eigenvalue weighted by molar-refractivity contribution is 0.0237. The predicted octanol–water partition coefficient (Wildman–Crippen LogP) is 1.44. The first-order valence-electron chi connectivity index (χ1n) is 10.2. The second kappa shape index (κ2) is 9.35. The van der Waals surface area contributed by atoms with E-state index in [1.54, 1.807) is 18.3 Å². The van der Waals surface area contributed by atoms with Crippen LogP contribution in [0, 0.1) is 0 Å². The van der Waals surface area contributed by atoms with E-state index in [9.17, 15) is 9.90 Å². The molecule has 2 atom stereocenters. The fourth-order valence-electron chi connectivity index (χ4n) is 3.77. The van der Waals surface area contributed by atoms with Gasteiger partial charge in [0.05, 0.1) is 19.3 Å². The Kier molecular flexibility index (Phi) is 6.39. The standard InChI is InChI=1S/C22H27N3O4/c26-20(19-11-15-3-1-2-4-17(15)13-24-19)14-25-22(27)16-5-8-23-21(12-16)29-18-6-9-28-10-7-18/h1-5,8,12,18-20,24,26H,6-7,9-11,13-14H2,(H,25,27)/t19-,20+/m0/s1. The molecule has 1 fully saturated rings. The molecule has 2 aliphatic heterocycles. The maximum Gasteiger partial charge on any atom is 0.251 e. The van der Waals surface area contributed by atoms with Crippen LogP contribution in [0.25, 0.3) is 0 Å². The molecule has 0 spiro atoms. The first-order valence-corrected chi connectivity index (χ1v) is 10.2. The molecule has 0 unspecified atom stereocenters.